The Kier molecular flexibility index (Phi) is 10.4. The SMILES string of the molecule is CCCCc1c2c(c(CCCC)c([Si](C)(C)C)c1CCC)CC(C(=O)OCC)(C(=O)OCC)C2. The van der Waals surface area contributed by atoms with Crippen molar-refractivity contribution in [1.29, 1.82) is 0 Å². The standard InChI is InChI=1S/C29H48O4Si/c1-9-14-17-21-22(16-11-3)26(34(6,7)8)23(18-15-10-2)25-20-29(19-24(21)25,27(30)32-12-4)28(31)33-13-5/h9-20H2,1-8H3. The number of hydrogen-bond acceptors (Lipinski definition) is 4. The summed E-state index contributed by atoms with van der Waals surface area (Å²) in [5.41, 5.74) is 5.66. The topological polar surface area (TPSA) is 52.6 Å². The van der Waals surface area contributed by atoms with Crippen molar-refractivity contribution in [3.8, 4) is 0 Å². The van der Waals surface area contributed by atoms with E-state index >= 15 is 0 Å². The molecule has 5 heteroatoms. The second-order valence-electron chi connectivity index (χ2n) is 10.9. The molecule has 1 aliphatic rings. The largest absolute Gasteiger partial charge is 0.465 e. The Labute approximate surface area is 209 Å². The zero-order valence-corrected chi connectivity index (χ0v) is 24.1. The van der Waals surface area contributed by atoms with Gasteiger partial charge in [0.1, 0.15) is 0 Å². The zero-order chi connectivity index (χ0) is 25.5. The van der Waals surface area contributed by atoms with E-state index in [9.17, 15) is 9.59 Å². The highest BCUT2D eigenvalue weighted by Gasteiger charge is 2.54. The maximum absolute atomic E-state index is 13.4. The maximum atomic E-state index is 13.4. The number of benzene rings is 1. The number of unbranched alkanes of at least 4 members (excludes halogenated alkanes) is 2. The fourth-order valence-electron chi connectivity index (χ4n) is 5.75. The smallest absolute Gasteiger partial charge is 0.324 e. The van der Waals surface area contributed by atoms with Crippen molar-refractivity contribution < 1.29 is 19.1 Å². The van der Waals surface area contributed by atoms with E-state index in [1.165, 1.54) is 27.8 Å². The first-order valence-corrected chi connectivity index (χ1v) is 17.2. The molecule has 1 aliphatic carbocycles. The minimum atomic E-state index is -1.69. The van der Waals surface area contributed by atoms with Crippen LogP contribution in [-0.4, -0.2) is 33.2 Å². The van der Waals surface area contributed by atoms with Crippen LogP contribution in [0.1, 0.15) is 94.5 Å². The Morgan fingerprint density at radius 3 is 1.59 bits per heavy atom. The molecule has 0 saturated carbocycles. The van der Waals surface area contributed by atoms with Gasteiger partial charge in [0.05, 0.1) is 21.3 Å². The van der Waals surface area contributed by atoms with Crippen molar-refractivity contribution in [3.05, 3.63) is 27.8 Å². The molecule has 0 aromatic heterocycles. The van der Waals surface area contributed by atoms with Gasteiger partial charge in [0, 0.05) is 12.8 Å². The minimum absolute atomic E-state index is 0.267. The Bertz CT molecular complexity index is 848. The number of rotatable bonds is 13. The summed E-state index contributed by atoms with van der Waals surface area (Å²) in [4.78, 5) is 26.8. The predicted octanol–water partition coefficient (Wildman–Crippen LogP) is 6.08. The van der Waals surface area contributed by atoms with Gasteiger partial charge in [0.2, 0.25) is 0 Å². The molecular weight excluding hydrogens is 440 g/mol. The molecule has 192 valence electrons. The van der Waals surface area contributed by atoms with Crippen LogP contribution in [0.4, 0.5) is 0 Å². The van der Waals surface area contributed by atoms with Crippen molar-refractivity contribution in [3.63, 3.8) is 0 Å². The summed E-state index contributed by atoms with van der Waals surface area (Å²) in [6.45, 7) is 18.2. The van der Waals surface area contributed by atoms with Crippen molar-refractivity contribution in [2.75, 3.05) is 13.2 Å². The van der Waals surface area contributed by atoms with E-state index in [2.05, 4.69) is 40.4 Å². The van der Waals surface area contributed by atoms with E-state index in [-0.39, 0.29) is 13.2 Å². The monoisotopic (exact) mass is 488 g/mol. The molecule has 0 saturated heterocycles. The zero-order valence-electron chi connectivity index (χ0n) is 23.1. The van der Waals surface area contributed by atoms with Crippen LogP contribution in [0.15, 0.2) is 0 Å². The second-order valence-corrected chi connectivity index (χ2v) is 15.9. The number of fused-ring (bicyclic) bond motifs is 1. The lowest BCUT2D eigenvalue weighted by atomic mass is 9.84. The van der Waals surface area contributed by atoms with Gasteiger partial charge in [0.15, 0.2) is 5.41 Å². The molecule has 4 nitrogen and oxygen atoms in total. The van der Waals surface area contributed by atoms with Crippen LogP contribution >= 0.6 is 0 Å². The lowest BCUT2D eigenvalue weighted by molar-refractivity contribution is -0.171. The van der Waals surface area contributed by atoms with E-state index in [1.807, 2.05) is 0 Å². The molecule has 1 aromatic rings. The molecule has 1 aromatic carbocycles. The summed E-state index contributed by atoms with van der Waals surface area (Å²) in [6.07, 6.45) is 9.53. The number of ether oxygens (including phenoxy) is 2. The molecule has 0 bridgehead atoms. The Morgan fingerprint density at radius 1 is 0.706 bits per heavy atom. The van der Waals surface area contributed by atoms with Crippen LogP contribution in [-0.2, 0) is 51.2 Å². The summed E-state index contributed by atoms with van der Waals surface area (Å²) in [7, 11) is -1.69. The summed E-state index contributed by atoms with van der Waals surface area (Å²) in [5.74, 6) is -0.835. The van der Waals surface area contributed by atoms with Crippen molar-refractivity contribution in [1.82, 2.24) is 0 Å². The molecule has 2 rings (SSSR count). The van der Waals surface area contributed by atoms with Gasteiger partial charge in [-0.1, -0.05) is 64.9 Å². The Hall–Kier alpha value is -1.62. The molecular formula is C29H48O4Si. The van der Waals surface area contributed by atoms with Crippen LogP contribution in [0.5, 0.6) is 0 Å². The fourth-order valence-corrected chi connectivity index (χ4v) is 8.11. The molecule has 0 heterocycles. The first-order valence-electron chi connectivity index (χ1n) is 13.7. The third-order valence-electron chi connectivity index (χ3n) is 7.16. The summed E-state index contributed by atoms with van der Waals surface area (Å²) >= 11 is 0. The fraction of sp³-hybridized carbons (Fsp3) is 0.724. The van der Waals surface area contributed by atoms with Gasteiger partial charge in [-0.05, 0) is 73.8 Å². The summed E-state index contributed by atoms with van der Waals surface area (Å²) < 4.78 is 11.0. The summed E-state index contributed by atoms with van der Waals surface area (Å²) in [6, 6.07) is 0. The maximum Gasteiger partial charge on any atom is 0.324 e. The Balaban J connectivity index is 2.90. The highest BCUT2D eigenvalue weighted by atomic mass is 28.3. The van der Waals surface area contributed by atoms with E-state index in [0.717, 1.165) is 51.4 Å². The number of hydrogen-bond donors (Lipinski definition) is 0. The highest BCUT2D eigenvalue weighted by molar-refractivity contribution is 6.89. The van der Waals surface area contributed by atoms with Gasteiger partial charge in [-0.3, -0.25) is 9.59 Å². The van der Waals surface area contributed by atoms with E-state index in [1.54, 1.807) is 19.0 Å². The van der Waals surface area contributed by atoms with Gasteiger partial charge in [0.25, 0.3) is 0 Å². The molecule has 0 spiro atoms. The van der Waals surface area contributed by atoms with Gasteiger partial charge < -0.3 is 9.47 Å². The highest BCUT2D eigenvalue weighted by Crippen LogP contribution is 2.44. The van der Waals surface area contributed by atoms with Crippen molar-refractivity contribution >= 4 is 25.2 Å². The first-order chi connectivity index (χ1) is 16.1. The van der Waals surface area contributed by atoms with Crippen LogP contribution in [0.25, 0.3) is 0 Å². The van der Waals surface area contributed by atoms with Crippen molar-refractivity contribution in [2.24, 2.45) is 5.41 Å². The van der Waals surface area contributed by atoms with Crippen LogP contribution in [0, 0.1) is 5.41 Å². The minimum Gasteiger partial charge on any atom is -0.465 e. The molecule has 0 aliphatic heterocycles. The second kappa shape index (κ2) is 12.4. The lowest BCUT2D eigenvalue weighted by Gasteiger charge is -2.31. The molecule has 0 radical (unpaired) electrons. The Morgan fingerprint density at radius 2 is 1.18 bits per heavy atom. The van der Waals surface area contributed by atoms with Crippen LogP contribution in [0.2, 0.25) is 19.6 Å². The molecule has 0 atom stereocenters. The molecule has 0 fully saturated rings. The number of carbonyl (C=O) groups is 2. The van der Waals surface area contributed by atoms with Gasteiger partial charge >= 0.3 is 11.9 Å². The van der Waals surface area contributed by atoms with E-state index in [0.29, 0.717) is 12.8 Å². The van der Waals surface area contributed by atoms with Crippen LogP contribution < -0.4 is 5.19 Å². The predicted molar refractivity (Wildman–Crippen MR) is 144 cm³/mol. The van der Waals surface area contributed by atoms with E-state index in [4.69, 9.17) is 9.47 Å². The molecule has 34 heavy (non-hydrogen) atoms. The van der Waals surface area contributed by atoms with Gasteiger partial charge in [-0.15, -0.1) is 0 Å². The summed E-state index contributed by atoms with van der Waals surface area (Å²) in [5, 5.41) is 1.59. The number of carbonyl (C=O) groups excluding carboxylic acids is 2. The van der Waals surface area contributed by atoms with Gasteiger partial charge in [-0.25, -0.2) is 0 Å². The van der Waals surface area contributed by atoms with Gasteiger partial charge in [-0.2, -0.15) is 0 Å². The normalized spacial score (nSPS) is 14.7. The third kappa shape index (κ3) is 5.77. The van der Waals surface area contributed by atoms with E-state index < -0.39 is 25.4 Å². The van der Waals surface area contributed by atoms with Crippen LogP contribution in [0.3, 0.4) is 0 Å². The lowest BCUT2D eigenvalue weighted by Crippen LogP contribution is -2.44. The van der Waals surface area contributed by atoms with Crippen molar-refractivity contribution in [2.45, 2.75) is 118 Å². The average molecular weight is 489 g/mol. The molecule has 0 unspecified atom stereocenters. The first kappa shape index (κ1) is 28.6. The third-order valence-corrected chi connectivity index (χ3v) is 9.26. The number of esters is 2. The average Bonchev–Trinajstić information content (AvgIpc) is 3.18. The quantitative estimate of drug-likeness (QED) is 0.192. The molecule has 0 amide bonds. The molecule has 0 N–H and O–H groups in total.